The van der Waals surface area contributed by atoms with Crippen LogP contribution in [0.3, 0.4) is 0 Å². The topological polar surface area (TPSA) is 0 Å². The van der Waals surface area contributed by atoms with E-state index in [-0.39, 0.29) is 0 Å². The van der Waals surface area contributed by atoms with Crippen LogP contribution in [0.15, 0.2) is 28.7 Å². The molecule has 1 aromatic carbocycles. The lowest BCUT2D eigenvalue weighted by Crippen LogP contribution is -1.76. The van der Waals surface area contributed by atoms with Crippen molar-refractivity contribution in [3.05, 3.63) is 41.2 Å². The molecule has 48 valence electrons. The van der Waals surface area contributed by atoms with Crippen LogP contribution in [0, 0.1) is 6.92 Å². The van der Waals surface area contributed by atoms with E-state index in [1.807, 2.05) is 12.1 Å². The Hall–Kier alpha value is -0.300. The van der Waals surface area contributed by atoms with Gasteiger partial charge in [0.2, 0.25) is 0 Å². The van der Waals surface area contributed by atoms with Gasteiger partial charge in [-0.3, -0.25) is 0 Å². The fraction of sp³-hybridized carbons (Fsp3) is 0.125. The maximum Gasteiger partial charge on any atom is 0.0175 e. The van der Waals surface area contributed by atoms with Gasteiger partial charge in [-0.2, -0.15) is 6.42 Å². The average molecular weight is 184 g/mol. The van der Waals surface area contributed by atoms with E-state index in [2.05, 4.69) is 35.0 Å². The van der Waals surface area contributed by atoms with Crippen LogP contribution < -0.4 is 0 Å². The van der Waals surface area contributed by atoms with Gasteiger partial charge < -0.3 is 6.92 Å². The lowest BCUT2D eigenvalue weighted by molar-refractivity contribution is 1.27. The van der Waals surface area contributed by atoms with Gasteiger partial charge in [0.25, 0.3) is 0 Å². The largest absolute Gasteiger partial charge is 0.339 e. The molecule has 0 radical (unpaired) electrons. The maximum atomic E-state index is 3.77. The van der Waals surface area contributed by atoms with Crippen LogP contribution >= 0.6 is 15.9 Å². The summed E-state index contributed by atoms with van der Waals surface area (Å²) in [5.74, 6) is 0. The van der Waals surface area contributed by atoms with Crippen LogP contribution in [0.25, 0.3) is 0 Å². The zero-order valence-electron chi connectivity index (χ0n) is 5.10. The number of hydrogen-bond acceptors (Lipinski definition) is 0. The maximum absolute atomic E-state index is 3.77. The van der Waals surface area contributed by atoms with E-state index in [1.165, 1.54) is 5.56 Å². The summed E-state index contributed by atoms with van der Waals surface area (Å²) in [6.07, 6.45) is 0.868. The molecule has 0 fully saturated rings. The zero-order chi connectivity index (χ0) is 6.69. The number of halogens is 1. The molecule has 0 nitrogen and oxygen atoms in total. The van der Waals surface area contributed by atoms with Crippen molar-refractivity contribution < 1.29 is 0 Å². The summed E-state index contributed by atoms with van der Waals surface area (Å²) in [6.45, 7) is 3.77. The van der Waals surface area contributed by atoms with Crippen LogP contribution in [-0.2, 0) is 6.42 Å². The Balaban J connectivity index is 2.88. The van der Waals surface area contributed by atoms with E-state index in [9.17, 15) is 0 Å². The molecule has 0 aliphatic heterocycles. The SMILES string of the molecule is [CH2-]Cc1ccc(Br)cc1. The Morgan fingerprint density at radius 2 is 1.78 bits per heavy atom. The third-order valence-electron chi connectivity index (χ3n) is 1.20. The van der Waals surface area contributed by atoms with Crippen molar-refractivity contribution in [2.24, 2.45) is 0 Å². The summed E-state index contributed by atoms with van der Waals surface area (Å²) in [5.41, 5.74) is 1.28. The van der Waals surface area contributed by atoms with Gasteiger partial charge in [-0.05, 0) is 12.1 Å². The standard InChI is InChI=1S/C8H8Br/c1-2-7-3-5-8(9)6-4-7/h3-6H,1-2H2/q-1. The number of hydrogen-bond donors (Lipinski definition) is 0. The normalized spacial score (nSPS) is 9.56. The monoisotopic (exact) mass is 183 g/mol. The molecule has 0 bridgehead atoms. The van der Waals surface area contributed by atoms with Crippen molar-refractivity contribution >= 4 is 15.9 Å². The Bertz CT molecular complexity index is 176. The molecule has 9 heavy (non-hydrogen) atoms. The zero-order valence-corrected chi connectivity index (χ0v) is 6.69. The van der Waals surface area contributed by atoms with Crippen LogP contribution in [0.1, 0.15) is 5.56 Å². The molecular weight excluding hydrogens is 176 g/mol. The smallest absolute Gasteiger partial charge is 0.0175 e. The van der Waals surface area contributed by atoms with Crippen molar-refractivity contribution in [1.29, 1.82) is 0 Å². The molecule has 0 aliphatic carbocycles. The molecule has 1 heteroatoms. The second-order valence-corrected chi connectivity index (χ2v) is 2.79. The van der Waals surface area contributed by atoms with Crippen LogP contribution in [-0.4, -0.2) is 0 Å². The van der Waals surface area contributed by atoms with Crippen LogP contribution in [0.4, 0.5) is 0 Å². The van der Waals surface area contributed by atoms with E-state index < -0.39 is 0 Å². The second-order valence-electron chi connectivity index (χ2n) is 1.88. The predicted octanol–water partition coefficient (Wildman–Crippen LogP) is 2.83. The summed E-state index contributed by atoms with van der Waals surface area (Å²) in [4.78, 5) is 0. The van der Waals surface area contributed by atoms with Gasteiger partial charge in [0.05, 0.1) is 0 Å². The fourth-order valence-corrected chi connectivity index (χ4v) is 0.915. The summed E-state index contributed by atoms with van der Waals surface area (Å²) in [5, 5.41) is 0. The molecule has 0 saturated carbocycles. The number of rotatable bonds is 1. The minimum Gasteiger partial charge on any atom is -0.339 e. The average Bonchev–Trinajstić information content (AvgIpc) is 1.90. The third-order valence-corrected chi connectivity index (χ3v) is 1.73. The van der Waals surface area contributed by atoms with E-state index >= 15 is 0 Å². The highest BCUT2D eigenvalue weighted by Gasteiger charge is 1.83. The van der Waals surface area contributed by atoms with E-state index in [0.717, 1.165) is 10.9 Å². The van der Waals surface area contributed by atoms with Gasteiger partial charge in [-0.15, -0.1) is 0 Å². The molecule has 1 rings (SSSR count). The Morgan fingerprint density at radius 3 is 2.22 bits per heavy atom. The first-order valence-corrected chi connectivity index (χ1v) is 3.66. The highest BCUT2D eigenvalue weighted by atomic mass is 79.9. The summed E-state index contributed by atoms with van der Waals surface area (Å²) in [6, 6.07) is 8.19. The second kappa shape index (κ2) is 3.02. The van der Waals surface area contributed by atoms with E-state index in [4.69, 9.17) is 0 Å². The fourth-order valence-electron chi connectivity index (χ4n) is 0.651. The molecule has 0 saturated heterocycles. The molecule has 0 unspecified atom stereocenters. The van der Waals surface area contributed by atoms with E-state index in [0.29, 0.717) is 0 Å². The Kier molecular flexibility index (Phi) is 2.29. The minimum absolute atomic E-state index is 0.868. The third kappa shape index (κ3) is 1.83. The van der Waals surface area contributed by atoms with Gasteiger partial charge in [-0.25, -0.2) is 0 Å². The van der Waals surface area contributed by atoms with Crippen molar-refractivity contribution in [2.45, 2.75) is 6.42 Å². The van der Waals surface area contributed by atoms with Gasteiger partial charge >= 0.3 is 0 Å². The molecule has 0 N–H and O–H groups in total. The van der Waals surface area contributed by atoms with Crippen molar-refractivity contribution in [3.8, 4) is 0 Å². The van der Waals surface area contributed by atoms with Crippen molar-refractivity contribution in [2.75, 3.05) is 0 Å². The molecule has 0 heterocycles. The molecule has 0 aromatic heterocycles. The van der Waals surface area contributed by atoms with Gasteiger partial charge in [0.15, 0.2) is 0 Å². The molecule has 0 aliphatic rings. The molecule has 0 amide bonds. The predicted molar refractivity (Wildman–Crippen MR) is 43.2 cm³/mol. The summed E-state index contributed by atoms with van der Waals surface area (Å²) < 4.78 is 1.12. The molecular formula is C8H8Br-. The first kappa shape index (κ1) is 6.81. The summed E-state index contributed by atoms with van der Waals surface area (Å²) in [7, 11) is 0. The van der Waals surface area contributed by atoms with Gasteiger partial charge in [-0.1, -0.05) is 33.6 Å². The molecule has 1 aromatic rings. The molecule has 0 atom stereocenters. The lowest BCUT2D eigenvalue weighted by Gasteiger charge is -1.97. The van der Waals surface area contributed by atoms with Crippen LogP contribution in [0.2, 0.25) is 0 Å². The van der Waals surface area contributed by atoms with Crippen molar-refractivity contribution in [1.82, 2.24) is 0 Å². The highest BCUT2D eigenvalue weighted by molar-refractivity contribution is 9.10. The van der Waals surface area contributed by atoms with Crippen molar-refractivity contribution in [3.63, 3.8) is 0 Å². The number of benzene rings is 1. The molecule has 0 spiro atoms. The Labute approximate surface area is 64.0 Å². The van der Waals surface area contributed by atoms with Gasteiger partial charge in [0.1, 0.15) is 0 Å². The first-order chi connectivity index (χ1) is 4.33. The first-order valence-electron chi connectivity index (χ1n) is 2.86. The minimum atomic E-state index is 0.868. The lowest BCUT2D eigenvalue weighted by atomic mass is 10.2. The Morgan fingerprint density at radius 1 is 1.22 bits per heavy atom. The van der Waals surface area contributed by atoms with E-state index in [1.54, 1.807) is 0 Å². The highest BCUT2D eigenvalue weighted by Crippen LogP contribution is 2.10. The quantitative estimate of drug-likeness (QED) is 0.588. The summed E-state index contributed by atoms with van der Waals surface area (Å²) >= 11 is 3.35. The van der Waals surface area contributed by atoms with Crippen LogP contribution in [0.5, 0.6) is 0 Å². The van der Waals surface area contributed by atoms with Gasteiger partial charge in [0, 0.05) is 4.47 Å².